The van der Waals surface area contributed by atoms with E-state index >= 15 is 0 Å². The lowest BCUT2D eigenvalue weighted by Gasteiger charge is -2.20. The smallest absolute Gasteiger partial charge is 0.407 e. The number of anilines is 1. The first kappa shape index (κ1) is 18.3. The van der Waals surface area contributed by atoms with E-state index in [0.717, 1.165) is 24.3 Å². The van der Waals surface area contributed by atoms with Crippen LogP contribution in [-0.2, 0) is 16.0 Å². The van der Waals surface area contributed by atoms with Crippen LogP contribution in [0.1, 0.15) is 45.5 Å². The zero-order chi connectivity index (χ0) is 16.5. The zero-order valence-electron chi connectivity index (χ0n) is 13.5. The Balaban J connectivity index is 2.62. The molecule has 1 heterocycles. The number of amides is 2. The first-order valence-corrected chi connectivity index (χ1v) is 8.36. The van der Waals surface area contributed by atoms with E-state index < -0.39 is 12.1 Å². The maximum Gasteiger partial charge on any atom is 0.407 e. The molecule has 0 fully saturated rings. The molecule has 1 aromatic heterocycles. The van der Waals surface area contributed by atoms with Crippen molar-refractivity contribution in [1.82, 2.24) is 15.5 Å². The molecular weight excluding hydrogens is 304 g/mol. The number of ether oxygens (including phenoxy) is 1. The van der Waals surface area contributed by atoms with Gasteiger partial charge < -0.3 is 10.1 Å². The van der Waals surface area contributed by atoms with Crippen molar-refractivity contribution < 1.29 is 14.3 Å². The Kier molecular flexibility index (Phi) is 7.79. The van der Waals surface area contributed by atoms with E-state index in [-0.39, 0.29) is 18.4 Å². The van der Waals surface area contributed by atoms with E-state index in [0.29, 0.717) is 5.13 Å². The molecule has 1 atom stereocenters. The van der Waals surface area contributed by atoms with Gasteiger partial charge in [-0.1, -0.05) is 38.5 Å². The largest absolute Gasteiger partial charge is 0.450 e. The maximum atomic E-state index is 12.3. The second-order valence-corrected chi connectivity index (χ2v) is 6.24. The third-order valence-corrected chi connectivity index (χ3v) is 3.84. The Bertz CT molecular complexity index is 490. The number of hydrogen-bond donors (Lipinski definition) is 2. The third kappa shape index (κ3) is 5.97. The molecule has 0 unspecified atom stereocenters. The number of carbonyl (C=O) groups is 2. The maximum absolute atomic E-state index is 12.3. The van der Waals surface area contributed by atoms with Crippen molar-refractivity contribution in [3.05, 3.63) is 5.01 Å². The fourth-order valence-corrected chi connectivity index (χ4v) is 2.54. The minimum Gasteiger partial charge on any atom is -0.450 e. The lowest BCUT2D eigenvalue weighted by molar-refractivity contribution is -0.119. The fraction of sp³-hybridized carbons (Fsp3) is 0.714. The van der Waals surface area contributed by atoms with Crippen molar-refractivity contribution in [2.75, 3.05) is 11.9 Å². The van der Waals surface area contributed by atoms with Crippen LogP contribution in [0.2, 0.25) is 0 Å². The van der Waals surface area contributed by atoms with Crippen LogP contribution in [0.25, 0.3) is 0 Å². The molecule has 1 rings (SSSR count). The van der Waals surface area contributed by atoms with Gasteiger partial charge in [0, 0.05) is 6.42 Å². The molecule has 7 nitrogen and oxygen atoms in total. The van der Waals surface area contributed by atoms with Gasteiger partial charge in [0.15, 0.2) is 0 Å². The fourth-order valence-electron chi connectivity index (χ4n) is 1.75. The molecule has 0 aromatic carbocycles. The number of unbranched alkanes of at least 4 members (excludes halogenated alkanes) is 1. The highest BCUT2D eigenvalue weighted by Crippen LogP contribution is 2.18. The van der Waals surface area contributed by atoms with E-state index in [2.05, 4.69) is 27.8 Å². The quantitative estimate of drug-likeness (QED) is 0.765. The first-order valence-electron chi connectivity index (χ1n) is 7.54. The Morgan fingerprint density at radius 2 is 2.00 bits per heavy atom. The van der Waals surface area contributed by atoms with Crippen molar-refractivity contribution in [2.24, 2.45) is 5.92 Å². The van der Waals surface area contributed by atoms with Gasteiger partial charge in [-0.3, -0.25) is 10.1 Å². The van der Waals surface area contributed by atoms with E-state index in [4.69, 9.17) is 4.74 Å². The van der Waals surface area contributed by atoms with Gasteiger partial charge in [-0.25, -0.2) is 4.79 Å². The summed E-state index contributed by atoms with van der Waals surface area (Å²) in [7, 11) is 0. The molecule has 0 saturated carbocycles. The molecule has 8 heteroatoms. The molecule has 0 radical (unpaired) electrons. The predicted octanol–water partition coefficient (Wildman–Crippen LogP) is 2.59. The highest BCUT2D eigenvalue weighted by atomic mass is 32.1. The van der Waals surface area contributed by atoms with Gasteiger partial charge in [-0.05, 0) is 19.3 Å². The minimum atomic E-state index is -0.679. The van der Waals surface area contributed by atoms with E-state index in [9.17, 15) is 9.59 Å². The topological polar surface area (TPSA) is 93.2 Å². The molecule has 0 bridgehead atoms. The molecule has 0 aliphatic heterocycles. The van der Waals surface area contributed by atoms with Crippen LogP contribution in [-0.4, -0.2) is 34.8 Å². The summed E-state index contributed by atoms with van der Waals surface area (Å²) >= 11 is 1.36. The van der Waals surface area contributed by atoms with Gasteiger partial charge in [-0.2, -0.15) is 0 Å². The van der Waals surface area contributed by atoms with Crippen LogP contribution in [0.4, 0.5) is 9.93 Å². The summed E-state index contributed by atoms with van der Waals surface area (Å²) in [5.41, 5.74) is 0. The predicted molar refractivity (Wildman–Crippen MR) is 85.9 cm³/mol. The Labute approximate surface area is 134 Å². The zero-order valence-corrected chi connectivity index (χ0v) is 14.3. The van der Waals surface area contributed by atoms with Crippen molar-refractivity contribution in [2.45, 2.75) is 53.0 Å². The van der Waals surface area contributed by atoms with Crippen molar-refractivity contribution in [1.29, 1.82) is 0 Å². The Morgan fingerprint density at radius 1 is 1.27 bits per heavy atom. The standard InChI is InChI=1S/C14H24N4O3S/c1-5-7-8-10-17-18-13(22-10)16-12(19)11(9(3)4)15-14(20)21-6-2/h9,11H,5-8H2,1-4H3,(H,15,20)(H,16,18,19)/t11-/m1/s1. The summed E-state index contributed by atoms with van der Waals surface area (Å²) in [5.74, 6) is -0.391. The molecule has 22 heavy (non-hydrogen) atoms. The SMILES string of the molecule is CCCCc1nnc(NC(=O)[C@H](NC(=O)OCC)C(C)C)s1. The molecule has 2 N–H and O–H groups in total. The summed E-state index contributed by atoms with van der Waals surface area (Å²) in [4.78, 5) is 23.8. The van der Waals surface area contributed by atoms with E-state index in [1.54, 1.807) is 6.92 Å². The highest BCUT2D eigenvalue weighted by Gasteiger charge is 2.25. The molecule has 1 aromatic rings. The lowest BCUT2D eigenvalue weighted by atomic mass is 10.0. The molecular formula is C14H24N4O3S. The number of rotatable bonds is 8. The van der Waals surface area contributed by atoms with Crippen LogP contribution >= 0.6 is 11.3 Å². The van der Waals surface area contributed by atoms with Gasteiger partial charge in [-0.15, -0.1) is 10.2 Å². The van der Waals surface area contributed by atoms with Crippen LogP contribution < -0.4 is 10.6 Å². The molecule has 124 valence electrons. The van der Waals surface area contributed by atoms with E-state index in [1.165, 1.54) is 11.3 Å². The molecule has 0 spiro atoms. The molecule has 0 saturated heterocycles. The average molecular weight is 328 g/mol. The third-order valence-electron chi connectivity index (χ3n) is 2.94. The van der Waals surface area contributed by atoms with Crippen molar-refractivity contribution in [3.8, 4) is 0 Å². The minimum absolute atomic E-state index is 0.0723. The Hall–Kier alpha value is -1.70. The lowest BCUT2D eigenvalue weighted by Crippen LogP contribution is -2.47. The summed E-state index contributed by atoms with van der Waals surface area (Å²) < 4.78 is 4.82. The first-order chi connectivity index (χ1) is 10.5. The average Bonchev–Trinajstić information content (AvgIpc) is 2.89. The monoisotopic (exact) mass is 328 g/mol. The Morgan fingerprint density at radius 3 is 2.59 bits per heavy atom. The van der Waals surface area contributed by atoms with Gasteiger partial charge >= 0.3 is 6.09 Å². The number of nitrogens with one attached hydrogen (secondary N) is 2. The summed E-state index contributed by atoms with van der Waals surface area (Å²) in [5, 5.41) is 14.6. The normalized spacial score (nSPS) is 12.0. The van der Waals surface area contributed by atoms with Crippen LogP contribution in [0.3, 0.4) is 0 Å². The number of hydrogen-bond acceptors (Lipinski definition) is 6. The summed E-state index contributed by atoms with van der Waals surface area (Å²) in [6.07, 6.45) is 2.39. The summed E-state index contributed by atoms with van der Waals surface area (Å²) in [6.45, 7) is 7.78. The second-order valence-electron chi connectivity index (χ2n) is 5.18. The van der Waals surface area contributed by atoms with Gasteiger partial charge in [0.25, 0.3) is 0 Å². The van der Waals surface area contributed by atoms with Gasteiger partial charge in [0.05, 0.1) is 6.61 Å². The van der Waals surface area contributed by atoms with Crippen LogP contribution in [0.15, 0.2) is 0 Å². The number of aryl methyl sites for hydroxylation is 1. The van der Waals surface area contributed by atoms with Crippen molar-refractivity contribution in [3.63, 3.8) is 0 Å². The van der Waals surface area contributed by atoms with Gasteiger partial charge in [0.2, 0.25) is 11.0 Å². The number of nitrogens with zero attached hydrogens (tertiary/aromatic N) is 2. The highest BCUT2D eigenvalue weighted by molar-refractivity contribution is 7.15. The number of aromatic nitrogens is 2. The molecule has 2 amide bonds. The van der Waals surface area contributed by atoms with Crippen LogP contribution in [0.5, 0.6) is 0 Å². The summed E-state index contributed by atoms with van der Waals surface area (Å²) in [6, 6.07) is -0.679. The molecule has 0 aliphatic rings. The molecule has 0 aliphatic carbocycles. The number of carbonyl (C=O) groups excluding carboxylic acids is 2. The van der Waals surface area contributed by atoms with E-state index in [1.807, 2.05) is 13.8 Å². The van der Waals surface area contributed by atoms with Crippen molar-refractivity contribution >= 4 is 28.5 Å². The number of alkyl carbamates (subject to hydrolysis) is 1. The second kappa shape index (κ2) is 9.34. The van der Waals surface area contributed by atoms with Gasteiger partial charge in [0.1, 0.15) is 11.0 Å². The van der Waals surface area contributed by atoms with Crippen LogP contribution in [0, 0.1) is 5.92 Å².